The van der Waals surface area contributed by atoms with E-state index >= 15 is 0 Å². The smallest absolute Gasteiger partial charge is 0.250 e. The number of hydrogen-bond acceptors (Lipinski definition) is 5. The van der Waals surface area contributed by atoms with Gasteiger partial charge in [-0.05, 0) is 36.1 Å². The number of imide groups is 1. The maximum absolute atomic E-state index is 13.8. The van der Waals surface area contributed by atoms with Crippen LogP contribution in [0.2, 0.25) is 0 Å². The molecule has 2 saturated heterocycles. The first kappa shape index (κ1) is 20.7. The van der Waals surface area contributed by atoms with E-state index < -0.39 is 17.4 Å². The van der Waals surface area contributed by atoms with Crippen LogP contribution in [0.3, 0.4) is 0 Å². The van der Waals surface area contributed by atoms with Gasteiger partial charge in [0.15, 0.2) is 0 Å². The Morgan fingerprint density at radius 1 is 1.06 bits per heavy atom. The lowest BCUT2D eigenvalue weighted by atomic mass is 9.75. The highest BCUT2D eigenvalue weighted by molar-refractivity contribution is 6.15. The van der Waals surface area contributed by atoms with Gasteiger partial charge in [-0.1, -0.05) is 44.2 Å². The van der Waals surface area contributed by atoms with E-state index in [1.807, 2.05) is 63.2 Å². The predicted molar refractivity (Wildman–Crippen MR) is 119 cm³/mol. The molecule has 2 unspecified atom stereocenters. The van der Waals surface area contributed by atoms with Crippen molar-refractivity contribution >= 4 is 23.4 Å². The maximum atomic E-state index is 13.8. The number of benzene rings is 2. The van der Waals surface area contributed by atoms with E-state index in [1.54, 1.807) is 7.11 Å². The standard InChI is InChI=1S/C25H27N3O4/c1-13(2)20-18-19(25(27-20)17-7-5-6-14(3)21(17)26-24(25)31)23(30)28(22(18)29)12-15-8-10-16(32-4)11-9-15/h5-11,13,18-20,27H,12H2,1-4H3,(H,26,31)/t18-,19-,20?,25?/m0/s1. The van der Waals surface area contributed by atoms with E-state index in [0.717, 1.165) is 22.4 Å². The minimum atomic E-state index is -1.23. The van der Waals surface area contributed by atoms with Crippen LogP contribution in [0.1, 0.15) is 30.5 Å². The van der Waals surface area contributed by atoms with Crippen LogP contribution >= 0.6 is 0 Å². The number of rotatable bonds is 4. The molecule has 2 fully saturated rings. The van der Waals surface area contributed by atoms with Crippen molar-refractivity contribution in [3.8, 4) is 5.75 Å². The summed E-state index contributed by atoms with van der Waals surface area (Å²) in [6, 6.07) is 12.7. The third-order valence-corrected chi connectivity index (χ3v) is 7.20. The Bertz CT molecular complexity index is 1130. The van der Waals surface area contributed by atoms with Gasteiger partial charge in [-0.3, -0.25) is 24.6 Å². The summed E-state index contributed by atoms with van der Waals surface area (Å²) >= 11 is 0. The minimum absolute atomic E-state index is 0.0706. The number of carbonyl (C=O) groups excluding carboxylic acids is 3. The molecule has 7 nitrogen and oxygen atoms in total. The van der Waals surface area contributed by atoms with Crippen LogP contribution in [0.5, 0.6) is 5.75 Å². The number of fused-ring (bicyclic) bond motifs is 4. The van der Waals surface area contributed by atoms with E-state index in [2.05, 4.69) is 10.6 Å². The van der Waals surface area contributed by atoms with Crippen LogP contribution in [0.4, 0.5) is 5.69 Å². The fourth-order valence-electron chi connectivity index (χ4n) is 5.61. The quantitative estimate of drug-likeness (QED) is 0.724. The fraction of sp³-hybridized carbons (Fsp3) is 0.400. The summed E-state index contributed by atoms with van der Waals surface area (Å²) in [4.78, 5) is 42.1. The largest absolute Gasteiger partial charge is 0.497 e. The summed E-state index contributed by atoms with van der Waals surface area (Å²) < 4.78 is 5.20. The maximum Gasteiger partial charge on any atom is 0.250 e. The topological polar surface area (TPSA) is 87.7 Å². The van der Waals surface area contributed by atoms with Gasteiger partial charge in [0.25, 0.3) is 0 Å². The zero-order valence-electron chi connectivity index (χ0n) is 18.6. The van der Waals surface area contributed by atoms with Crippen LogP contribution in [-0.2, 0) is 26.5 Å². The first-order chi connectivity index (χ1) is 15.3. The second-order valence-corrected chi connectivity index (χ2v) is 9.29. The molecule has 0 aromatic heterocycles. The lowest BCUT2D eigenvalue weighted by molar-refractivity contribution is -0.143. The number of amides is 3. The van der Waals surface area contributed by atoms with Gasteiger partial charge in [0.2, 0.25) is 17.7 Å². The summed E-state index contributed by atoms with van der Waals surface area (Å²) in [5.74, 6) is -1.35. The Morgan fingerprint density at radius 2 is 1.78 bits per heavy atom. The molecule has 4 atom stereocenters. The summed E-state index contributed by atoms with van der Waals surface area (Å²) in [6.45, 7) is 6.14. The Morgan fingerprint density at radius 3 is 2.44 bits per heavy atom. The average Bonchev–Trinajstić information content (AvgIpc) is 3.36. The molecular weight excluding hydrogens is 406 g/mol. The van der Waals surface area contributed by atoms with Gasteiger partial charge < -0.3 is 10.1 Å². The first-order valence-corrected chi connectivity index (χ1v) is 11.0. The number of methoxy groups -OCH3 is 1. The number of ether oxygens (including phenoxy) is 1. The van der Waals surface area contributed by atoms with E-state index in [0.29, 0.717) is 5.75 Å². The van der Waals surface area contributed by atoms with Crippen LogP contribution in [-0.4, -0.2) is 35.8 Å². The first-order valence-electron chi connectivity index (χ1n) is 11.0. The number of likely N-dealkylation sites (tertiary alicyclic amines) is 1. The van der Waals surface area contributed by atoms with Gasteiger partial charge >= 0.3 is 0 Å². The highest BCUT2D eigenvalue weighted by Gasteiger charge is 2.70. The summed E-state index contributed by atoms with van der Waals surface area (Å²) in [5.41, 5.74) is 2.03. The van der Waals surface area contributed by atoms with E-state index in [1.165, 1.54) is 4.90 Å². The van der Waals surface area contributed by atoms with Gasteiger partial charge in [0.1, 0.15) is 11.3 Å². The zero-order valence-corrected chi connectivity index (χ0v) is 18.6. The minimum Gasteiger partial charge on any atom is -0.497 e. The Labute approximate surface area is 187 Å². The summed E-state index contributed by atoms with van der Waals surface area (Å²) in [6.07, 6.45) is 0. The third kappa shape index (κ3) is 2.67. The lowest BCUT2D eigenvalue weighted by Gasteiger charge is -2.30. The number of anilines is 1. The molecule has 3 amide bonds. The van der Waals surface area contributed by atoms with Crippen molar-refractivity contribution in [2.24, 2.45) is 17.8 Å². The highest BCUT2D eigenvalue weighted by atomic mass is 16.5. The molecule has 166 valence electrons. The Hall–Kier alpha value is -3.19. The summed E-state index contributed by atoms with van der Waals surface area (Å²) in [7, 11) is 1.59. The van der Waals surface area contributed by atoms with E-state index in [-0.39, 0.29) is 36.2 Å². The van der Waals surface area contributed by atoms with Crippen molar-refractivity contribution < 1.29 is 19.1 Å². The molecule has 7 heteroatoms. The number of para-hydroxylation sites is 1. The van der Waals surface area contributed by atoms with Crippen LogP contribution in [0.15, 0.2) is 42.5 Å². The number of aryl methyl sites for hydroxylation is 1. The Balaban J connectivity index is 1.58. The van der Waals surface area contributed by atoms with Crippen LogP contribution < -0.4 is 15.4 Å². The number of nitrogens with zero attached hydrogens (tertiary/aromatic N) is 1. The predicted octanol–water partition coefficient (Wildman–Crippen LogP) is 2.58. The molecule has 3 heterocycles. The SMILES string of the molecule is COc1ccc(CN2C(=O)[C@@H]3C(C(C)C)NC4(C(=O)Nc5c(C)cccc54)[C@@H]3C2=O)cc1. The molecule has 5 rings (SSSR count). The number of carbonyl (C=O) groups is 3. The monoisotopic (exact) mass is 433 g/mol. The second-order valence-electron chi connectivity index (χ2n) is 9.29. The molecule has 3 aliphatic heterocycles. The fourth-order valence-corrected chi connectivity index (χ4v) is 5.61. The van der Waals surface area contributed by atoms with Gasteiger partial charge in [0.05, 0.1) is 25.5 Å². The average molecular weight is 434 g/mol. The molecule has 3 aliphatic rings. The van der Waals surface area contributed by atoms with Crippen LogP contribution in [0, 0.1) is 24.7 Å². The molecule has 32 heavy (non-hydrogen) atoms. The molecule has 0 bridgehead atoms. The normalized spacial score (nSPS) is 28.5. The van der Waals surface area contributed by atoms with Crippen molar-refractivity contribution in [1.82, 2.24) is 10.2 Å². The van der Waals surface area contributed by atoms with Crippen molar-refractivity contribution in [1.29, 1.82) is 0 Å². The highest BCUT2D eigenvalue weighted by Crippen LogP contribution is 2.54. The van der Waals surface area contributed by atoms with Gasteiger partial charge in [0, 0.05) is 17.3 Å². The second kappa shape index (κ2) is 7.17. The molecule has 2 aromatic rings. The van der Waals surface area contributed by atoms with Crippen molar-refractivity contribution in [2.45, 2.75) is 38.9 Å². The lowest BCUT2D eigenvalue weighted by Crippen LogP contribution is -2.53. The number of nitrogens with one attached hydrogen (secondary N) is 2. The van der Waals surface area contributed by atoms with Gasteiger partial charge in [-0.2, -0.15) is 0 Å². The van der Waals surface area contributed by atoms with Crippen molar-refractivity contribution in [3.05, 3.63) is 59.2 Å². The van der Waals surface area contributed by atoms with E-state index in [9.17, 15) is 14.4 Å². The van der Waals surface area contributed by atoms with E-state index in [4.69, 9.17) is 4.74 Å². The molecule has 0 aliphatic carbocycles. The molecule has 0 radical (unpaired) electrons. The molecule has 2 aromatic carbocycles. The van der Waals surface area contributed by atoms with Crippen LogP contribution in [0.25, 0.3) is 0 Å². The molecule has 0 saturated carbocycles. The zero-order chi connectivity index (χ0) is 22.8. The summed E-state index contributed by atoms with van der Waals surface area (Å²) in [5, 5.41) is 6.45. The molecule has 1 spiro atoms. The third-order valence-electron chi connectivity index (χ3n) is 7.20. The van der Waals surface area contributed by atoms with Crippen molar-refractivity contribution in [2.75, 3.05) is 12.4 Å². The molecule has 2 N–H and O–H groups in total. The Kier molecular flexibility index (Phi) is 4.64. The van der Waals surface area contributed by atoms with Crippen molar-refractivity contribution in [3.63, 3.8) is 0 Å². The number of hydrogen-bond donors (Lipinski definition) is 2. The molecular formula is C25H27N3O4. The van der Waals surface area contributed by atoms with Gasteiger partial charge in [-0.15, -0.1) is 0 Å². The van der Waals surface area contributed by atoms with Gasteiger partial charge in [-0.25, -0.2) is 0 Å².